The molecule has 142 valence electrons. The Balaban J connectivity index is 1.78. The summed E-state index contributed by atoms with van der Waals surface area (Å²) in [6, 6.07) is 10.0. The molecule has 2 aromatic heterocycles. The van der Waals surface area contributed by atoms with E-state index in [0.717, 1.165) is 11.3 Å². The second kappa shape index (κ2) is 7.77. The van der Waals surface area contributed by atoms with Crippen LogP contribution in [0.1, 0.15) is 5.69 Å². The van der Waals surface area contributed by atoms with E-state index in [1.165, 1.54) is 26.4 Å². The van der Waals surface area contributed by atoms with E-state index in [0.29, 0.717) is 17.2 Å². The summed E-state index contributed by atoms with van der Waals surface area (Å²) in [5.74, 6) is 0.807. The zero-order valence-electron chi connectivity index (χ0n) is 15.2. The average molecular weight is 388 g/mol. The van der Waals surface area contributed by atoms with Crippen LogP contribution in [0.25, 0.3) is 11.3 Å². The Morgan fingerprint density at radius 2 is 1.74 bits per heavy atom. The normalized spacial score (nSPS) is 11.4. The molecule has 3 aromatic rings. The predicted molar refractivity (Wildman–Crippen MR) is 100 cm³/mol. The summed E-state index contributed by atoms with van der Waals surface area (Å²) in [6.45, 7) is 0.0651. The first-order valence-corrected chi connectivity index (χ1v) is 9.58. The number of methoxy groups -OCH3 is 2. The molecule has 0 unspecified atom stereocenters. The Labute approximate surface area is 157 Å². The van der Waals surface area contributed by atoms with Crippen LogP contribution in [0.4, 0.5) is 0 Å². The molecule has 1 N–H and O–H groups in total. The summed E-state index contributed by atoms with van der Waals surface area (Å²) in [4.78, 5) is 4.08. The maximum absolute atomic E-state index is 12.6. The molecule has 9 heteroatoms. The van der Waals surface area contributed by atoms with Gasteiger partial charge in [-0.15, -0.1) is 0 Å². The van der Waals surface area contributed by atoms with Gasteiger partial charge in [0.05, 0.1) is 37.0 Å². The number of pyridine rings is 1. The first kappa shape index (κ1) is 18.9. The molecule has 3 rings (SSSR count). The lowest BCUT2D eigenvalue weighted by Crippen LogP contribution is -2.23. The molecular weight excluding hydrogens is 368 g/mol. The average Bonchev–Trinajstić information content (AvgIpc) is 3.07. The largest absolute Gasteiger partial charge is 0.493 e. The minimum atomic E-state index is -3.73. The highest BCUT2D eigenvalue weighted by Gasteiger charge is 2.18. The van der Waals surface area contributed by atoms with Gasteiger partial charge in [0.2, 0.25) is 10.0 Å². The number of rotatable bonds is 7. The van der Waals surface area contributed by atoms with Crippen LogP contribution >= 0.6 is 0 Å². The second-order valence-corrected chi connectivity index (χ2v) is 7.49. The summed E-state index contributed by atoms with van der Waals surface area (Å²) < 4.78 is 39.7. The minimum Gasteiger partial charge on any atom is -0.493 e. The summed E-state index contributed by atoms with van der Waals surface area (Å²) >= 11 is 0. The van der Waals surface area contributed by atoms with Crippen LogP contribution in [0, 0.1) is 0 Å². The summed E-state index contributed by atoms with van der Waals surface area (Å²) in [7, 11) is 1.02. The number of hydrogen-bond donors (Lipinski definition) is 1. The van der Waals surface area contributed by atoms with Gasteiger partial charge in [0.15, 0.2) is 11.5 Å². The number of nitrogens with zero attached hydrogens (tertiary/aromatic N) is 3. The maximum atomic E-state index is 12.6. The van der Waals surface area contributed by atoms with E-state index in [-0.39, 0.29) is 11.4 Å². The van der Waals surface area contributed by atoms with Crippen molar-refractivity contribution in [3.8, 4) is 22.8 Å². The molecule has 0 spiro atoms. The molecular formula is C18H20N4O4S. The summed E-state index contributed by atoms with van der Waals surface area (Å²) in [6.07, 6.45) is 3.39. The van der Waals surface area contributed by atoms with Gasteiger partial charge in [0, 0.05) is 31.1 Å². The fourth-order valence-electron chi connectivity index (χ4n) is 2.64. The number of nitrogens with one attached hydrogen (secondary N) is 1. The van der Waals surface area contributed by atoms with Crippen molar-refractivity contribution >= 4 is 10.0 Å². The van der Waals surface area contributed by atoms with Crippen molar-refractivity contribution in [2.75, 3.05) is 14.2 Å². The van der Waals surface area contributed by atoms with E-state index in [2.05, 4.69) is 14.8 Å². The third-order valence-electron chi connectivity index (χ3n) is 4.02. The van der Waals surface area contributed by atoms with Gasteiger partial charge in [-0.3, -0.25) is 9.67 Å². The van der Waals surface area contributed by atoms with E-state index < -0.39 is 10.0 Å². The fraction of sp³-hybridized carbons (Fsp3) is 0.222. The van der Waals surface area contributed by atoms with Gasteiger partial charge >= 0.3 is 0 Å². The van der Waals surface area contributed by atoms with E-state index in [1.807, 2.05) is 25.2 Å². The Hall–Kier alpha value is -2.91. The van der Waals surface area contributed by atoms with E-state index >= 15 is 0 Å². The molecule has 0 bridgehead atoms. The van der Waals surface area contributed by atoms with E-state index in [1.54, 1.807) is 23.1 Å². The van der Waals surface area contributed by atoms with Crippen molar-refractivity contribution in [2.45, 2.75) is 11.4 Å². The number of benzene rings is 1. The third-order valence-corrected chi connectivity index (χ3v) is 5.41. The Morgan fingerprint density at radius 3 is 2.41 bits per heavy atom. The number of hydrogen-bond acceptors (Lipinski definition) is 6. The molecule has 0 atom stereocenters. The lowest BCUT2D eigenvalue weighted by molar-refractivity contribution is 0.354. The van der Waals surface area contributed by atoms with Crippen molar-refractivity contribution < 1.29 is 17.9 Å². The Kier molecular flexibility index (Phi) is 5.43. The number of aromatic nitrogens is 3. The van der Waals surface area contributed by atoms with Crippen LogP contribution in [-0.4, -0.2) is 37.4 Å². The van der Waals surface area contributed by atoms with Gasteiger partial charge in [-0.1, -0.05) is 0 Å². The van der Waals surface area contributed by atoms with Gasteiger partial charge < -0.3 is 9.47 Å². The molecule has 0 radical (unpaired) electrons. The van der Waals surface area contributed by atoms with Crippen LogP contribution in [0.3, 0.4) is 0 Å². The number of sulfonamides is 1. The lowest BCUT2D eigenvalue weighted by Gasteiger charge is -2.10. The molecule has 8 nitrogen and oxygen atoms in total. The predicted octanol–water partition coefficient (Wildman–Crippen LogP) is 1.98. The van der Waals surface area contributed by atoms with Crippen LogP contribution in [-0.2, 0) is 23.6 Å². The smallest absolute Gasteiger partial charge is 0.241 e. The monoisotopic (exact) mass is 388 g/mol. The fourth-order valence-corrected chi connectivity index (χ4v) is 3.66. The SMILES string of the molecule is COc1ccc(S(=O)(=O)NCc2cc(-c3ccncc3)n(C)n2)cc1OC. The minimum absolute atomic E-state index is 0.0651. The highest BCUT2D eigenvalue weighted by Crippen LogP contribution is 2.29. The van der Waals surface area contributed by atoms with Crippen molar-refractivity contribution in [1.29, 1.82) is 0 Å². The van der Waals surface area contributed by atoms with Crippen molar-refractivity contribution in [3.63, 3.8) is 0 Å². The Morgan fingerprint density at radius 1 is 1.04 bits per heavy atom. The first-order chi connectivity index (χ1) is 12.9. The standard InChI is InChI=1S/C18H20N4O4S/c1-22-16(13-6-8-19-9-7-13)10-14(21-22)12-20-27(23,24)15-4-5-17(25-2)18(11-15)26-3/h4-11,20H,12H2,1-3H3. The lowest BCUT2D eigenvalue weighted by atomic mass is 10.2. The first-order valence-electron chi connectivity index (χ1n) is 8.09. The van der Waals surface area contributed by atoms with Crippen molar-refractivity contribution in [2.24, 2.45) is 7.05 Å². The van der Waals surface area contributed by atoms with Crippen LogP contribution in [0.15, 0.2) is 53.7 Å². The molecule has 0 aliphatic heterocycles. The van der Waals surface area contributed by atoms with Crippen molar-refractivity contribution in [1.82, 2.24) is 19.5 Å². The highest BCUT2D eigenvalue weighted by atomic mass is 32.2. The van der Waals surface area contributed by atoms with Crippen LogP contribution in [0.2, 0.25) is 0 Å². The van der Waals surface area contributed by atoms with Gasteiger partial charge in [0.25, 0.3) is 0 Å². The zero-order valence-corrected chi connectivity index (χ0v) is 16.0. The van der Waals surface area contributed by atoms with Crippen molar-refractivity contribution in [3.05, 3.63) is 54.5 Å². The van der Waals surface area contributed by atoms with Gasteiger partial charge in [-0.25, -0.2) is 13.1 Å². The number of ether oxygens (including phenoxy) is 2. The highest BCUT2D eigenvalue weighted by molar-refractivity contribution is 7.89. The van der Waals surface area contributed by atoms with E-state index in [4.69, 9.17) is 9.47 Å². The van der Waals surface area contributed by atoms with E-state index in [9.17, 15) is 8.42 Å². The Bertz CT molecular complexity index is 1030. The molecule has 0 saturated heterocycles. The molecule has 0 aliphatic rings. The molecule has 0 amide bonds. The van der Waals surface area contributed by atoms with Crippen LogP contribution in [0.5, 0.6) is 11.5 Å². The topological polar surface area (TPSA) is 95.3 Å². The van der Waals surface area contributed by atoms with Crippen LogP contribution < -0.4 is 14.2 Å². The number of aryl methyl sites for hydroxylation is 1. The molecule has 1 aromatic carbocycles. The van der Waals surface area contributed by atoms with Gasteiger partial charge in [-0.2, -0.15) is 5.10 Å². The zero-order chi connectivity index (χ0) is 19.4. The molecule has 0 saturated carbocycles. The van der Waals surface area contributed by atoms with Gasteiger partial charge in [0.1, 0.15) is 0 Å². The third kappa shape index (κ3) is 4.09. The summed E-state index contributed by atoms with van der Waals surface area (Å²) in [5.41, 5.74) is 2.43. The van der Waals surface area contributed by atoms with Gasteiger partial charge in [-0.05, 0) is 30.3 Å². The molecule has 27 heavy (non-hydrogen) atoms. The quantitative estimate of drug-likeness (QED) is 0.665. The summed E-state index contributed by atoms with van der Waals surface area (Å²) in [5, 5.41) is 4.37. The molecule has 2 heterocycles. The molecule has 0 fully saturated rings. The second-order valence-electron chi connectivity index (χ2n) is 5.72. The molecule has 0 aliphatic carbocycles. The maximum Gasteiger partial charge on any atom is 0.241 e.